The number of nitrogens with zero attached hydrogens (tertiary/aromatic N) is 3. The van der Waals surface area contributed by atoms with Crippen LogP contribution in [0.1, 0.15) is 10.4 Å². The van der Waals surface area contributed by atoms with E-state index in [1.165, 1.54) is 18.4 Å². The lowest BCUT2D eigenvalue weighted by molar-refractivity contribution is -0.141. The molecule has 0 atom stereocenters. The second kappa shape index (κ2) is 8.90. The summed E-state index contributed by atoms with van der Waals surface area (Å²) in [7, 11) is 1.32. The average Bonchev–Trinajstić information content (AvgIpc) is 3.47. The van der Waals surface area contributed by atoms with Crippen LogP contribution in [0.3, 0.4) is 0 Å². The molecular weight excluding hydrogens is 478 g/mol. The van der Waals surface area contributed by atoms with Gasteiger partial charge in [0.1, 0.15) is 6.54 Å². The number of hydrogen-bond acceptors (Lipinski definition) is 6. The molecule has 0 spiro atoms. The molecule has 5 aromatic rings. The van der Waals surface area contributed by atoms with E-state index in [9.17, 15) is 9.59 Å². The van der Waals surface area contributed by atoms with Crippen LogP contribution in [0.15, 0.2) is 71.0 Å². The SMILES string of the molecule is COC(=O)Cn1c(=NC(=O)c2cc(-c3cccs3)nc3ccccc23)sc2cccc(Cl)c21. The normalized spacial score (nSPS) is 11.9. The predicted molar refractivity (Wildman–Crippen MR) is 132 cm³/mol. The van der Waals surface area contributed by atoms with Crippen molar-refractivity contribution in [2.45, 2.75) is 6.54 Å². The molecule has 0 aliphatic rings. The first-order chi connectivity index (χ1) is 16.0. The quantitative estimate of drug-likeness (QED) is 0.308. The molecule has 0 N–H and O–H groups in total. The van der Waals surface area contributed by atoms with E-state index in [1.807, 2.05) is 53.9 Å². The maximum absolute atomic E-state index is 13.5. The van der Waals surface area contributed by atoms with Gasteiger partial charge in [-0.1, -0.05) is 53.3 Å². The standard InChI is InChI=1S/C24H16ClN3O3S2/c1-31-21(29)13-28-22-16(25)7-4-9-20(22)33-24(28)27-23(30)15-12-18(19-10-5-11-32-19)26-17-8-3-2-6-14(15)17/h2-12H,13H2,1H3. The number of halogens is 1. The van der Waals surface area contributed by atoms with Crippen LogP contribution < -0.4 is 4.80 Å². The van der Waals surface area contributed by atoms with Crippen LogP contribution in [0, 0.1) is 0 Å². The lowest BCUT2D eigenvalue weighted by atomic mass is 10.1. The van der Waals surface area contributed by atoms with Crippen molar-refractivity contribution in [1.82, 2.24) is 9.55 Å². The lowest BCUT2D eigenvalue weighted by Crippen LogP contribution is -2.22. The molecular formula is C24H16ClN3O3S2. The van der Waals surface area contributed by atoms with E-state index in [4.69, 9.17) is 21.3 Å². The third-order valence-electron chi connectivity index (χ3n) is 5.08. The van der Waals surface area contributed by atoms with Gasteiger partial charge in [-0.3, -0.25) is 9.59 Å². The summed E-state index contributed by atoms with van der Waals surface area (Å²) in [5, 5.41) is 3.15. The summed E-state index contributed by atoms with van der Waals surface area (Å²) in [6.45, 7) is -0.107. The monoisotopic (exact) mass is 493 g/mol. The zero-order valence-electron chi connectivity index (χ0n) is 17.3. The van der Waals surface area contributed by atoms with Crippen molar-refractivity contribution in [3.05, 3.63) is 81.4 Å². The second-order valence-electron chi connectivity index (χ2n) is 7.10. The van der Waals surface area contributed by atoms with Crippen molar-refractivity contribution in [3.63, 3.8) is 0 Å². The Bertz CT molecular complexity index is 1590. The van der Waals surface area contributed by atoms with Crippen LogP contribution in [0.4, 0.5) is 0 Å². The van der Waals surface area contributed by atoms with Gasteiger partial charge in [0, 0.05) is 5.39 Å². The molecule has 0 aliphatic carbocycles. The molecule has 0 saturated heterocycles. The summed E-state index contributed by atoms with van der Waals surface area (Å²) in [5.74, 6) is -0.884. The molecule has 0 radical (unpaired) electrons. The number of pyridine rings is 1. The van der Waals surface area contributed by atoms with Gasteiger partial charge in [-0.25, -0.2) is 4.98 Å². The summed E-state index contributed by atoms with van der Waals surface area (Å²) in [5.41, 5.74) is 2.50. The van der Waals surface area contributed by atoms with Gasteiger partial charge in [-0.15, -0.1) is 11.3 Å². The van der Waals surface area contributed by atoms with Gasteiger partial charge in [-0.05, 0) is 35.7 Å². The lowest BCUT2D eigenvalue weighted by Gasteiger charge is -2.07. The molecule has 33 heavy (non-hydrogen) atoms. The summed E-state index contributed by atoms with van der Waals surface area (Å²) >= 11 is 9.26. The van der Waals surface area contributed by atoms with Gasteiger partial charge in [0.2, 0.25) is 0 Å². The molecule has 5 rings (SSSR count). The number of rotatable bonds is 4. The van der Waals surface area contributed by atoms with Crippen molar-refractivity contribution in [1.29, 1.82) is 0 Å². The molecule has 0 saturated carbocycles. The fourth-order valence-electron chi connectivity index (χ4n) is 3.56. The molecule has 0 bridgehead atoms. The molecule has 164 valence electrons. The second-order valence-corrected chi connectivity index (χ2v) is 9.46. The van der Waals surface area contributed by atoms with Gasteiger partial charge in [-0.2, -0.15) is 4.99 Å². The van der Waals surface area contributed by atoms with Gasteiger partial charge >= 0.3 is 5.97 Å². The fraction of sp³-hybridized carbons (Fsp3) is 0.0833. The van der Waals surface area contributed by atoms with Crippen molar-refractivity contribution >= 4 is 67.3 Å². The van der Waals surface area contributed by atoms with Crippen LogP contribution in [0.2, 0.25) is 5.02 Å². The number of fused-ring (bicyclic) bond motifs is 2. The molecule has 0 fully saturated rings. The van der Waals surface area contributed by atoms with Crippen LogP contribution in [0.25, 0.3) is 31.7 Å². The number of carbonyl (C=O) groups excluding carboxylic acids is 2. The molecule has 3 aromatic heterocycles. The van der Waals surface area contributed by atoms with E-state index in [1.54, 1.807) is 28.0 Å². The Labute approximate surface area is 201 Å². The van der Waals surface area contributed by atoms with Crippen molar-refractivity contribution in [2.75, 3.05) is 7.11 Å². The molecule has 6 nitrogen and oxygen atoms in total. The highest BCUT2D eigenvalue weighted by Gasteiger charge is 2.17. The predicted octanol–water partition coefficient (Wildman–Crippen LogP) is 5.55. The molecule has 3 heterocycles. The summed E-state index contributed by atoms with van der Waals surface area (Å²) in [6, 6.07) is 18.6. The van der Waals surface area contributed by atoms with Crippen molar-refractivity contribution in [2.24, 2.45) is 4.99 Å². The van der Waals surface area contributed by atoms with Crippen LogP contribution in [-0.2, 0) is 16.1 Å². The highest BCUT2D eigenvalue weighted by Crippen LogP contribution is 2.29. The van der Waals surface area contributed by atoms with Gasteiger partial charge in [0.05, 0.1) is 44.0 Å². The summed E-state index contributed by atoms with van der Waals surface area (Å²) in [6.07, 6.45) is 0. The first kappa shape index (κ1) is 21.5. The number of ether oxygens (including phenoxy) is 1. The Hall–Kier alpha value is -3.33. The Morgan fingerprint density at radius 3 is 2.76 bits per heavy atom. The number of hydrogen-bond donors (Lipinski definition) is 0. The Morgan fingerprint density at radius 2 is 1.97 bits per heavy atom. The number of carbonyl (C=O) groups is 2. The highest BCUT2D eigenvalue weighted by atomic mass is 35.5. The zero-order chi connectivity index (χ0) is 22.9. The molecule has 0 unspecified atom stereocenters. The number of aromatic nitrogens is 2. The average molecular weight is 494 g/mol. The maximum atomic E-state index is 13.5. The van der Waals surface area contributed by atoms with E-state index in [2.05, 4.69) is 4.99 Å². The zero-order valence-corrected chi connectivity index (χ0v) is 19.7. The minimum Gasteiger partial charge on any atom is -0.468 e. The third kappa shape index (κ3) is 4.08. The number of amides is 1. The Kier molecular flexibility index (Phi) is 5.80. The summed E-state index contributed by atoms with van der Waals surface area (Å²) in [4.78, 5) is 36.0. The van der Waals surface area contributed by atoms with E-state index in [0.717, 1.165) is 9.58 Å². The maximum Gasteiger partial charge on any atom is 0.325 e. The molecule has 0 aliphatic heterocycles. The Balaban J connectivity index is 1.71. The first-order valence-electron chi connectivity index (χ1n) is 9.92. The van der Waals surface area contributed by atoms with Gasteiger partial charge < -0.3 is 9.30 Å². The molecule has 1 amide bonds. The topological polar surface area (TPSA) is 73.6 Å². The van der Waals surface area contributed by atoms with Crippen molar-refractivity contribution in [3.8, 4) is 10.6 Å². The van der Waals surface area contributed by atoms with Gasteiger partial charge in [0.25, 0.3) is 5.91 Å². The number of methoxy groups -OCH3 is 1. The third-order valence-corrected chi connectivity index (χ3v) is 7.33. The van der Waals surface area contributed by atoms with E-state index in [0.29, 0.717) is 37.5 Å². The fourth-order valence-corrected chi connectivity index (χ4v) is 5.64. The van der Waals surface area contributed by atoms with E-state index >= 15 is 0 Å². The number of thiazole rings is 1. The number of esters is 1. The van der Waals surface area contributed by atoms with Crippen LogP contribution >= 0.6 is 34.3 Å². The first-order valence-corrected chi connectivity index (χ1v) is 12.0. The molecule has 9 heteroatoms. The summed E-state index contributed by atoms with van der Waals surface area (Å²) < 4.78 is 7.28. The smallest absolute Gasteiger partial charge is 0.325 e. The Morgan fingerprint density at radius 1 is 1.12 bits per heavy atom. The largest absolute Gasteiger partial charge is 0.468 e. The van der Waals surface area contributed by atoms with E-state index in [-0.39, 0.29) is 6.54 Å². The number of benzene rings is 2. The minimum atomic E-state index is -0.460. The van der Waals surface area contributed by atoms with Gasteiger partial charge in [0.15, 0.2) is 4.80 Å². The van der Waals surface area contributed by atoms with Crippen LogP contribution in [0.5, 0.6) is 0 Å². The highest BCUT2D eigenvalue weighted by molar-refractivity contribution is 7.16. The van der Waals surface area contributed by atoms with Crippen LogP contribution in [-0.4, -0.2) is 28.5 Å². The van der Waals surface area contributed by atoms with Crippen molar-refractivity contribution < 1.29 is 14.3 Å². The molecule has 2 aromatic carbocycles. The van der Waals surface area contributed by atoms with E-state index < -0.39 is 11.9 Å². The number of para-hydroxylation sites is 2. The minimum absolute atomic E-state index is 0.107. The number of thiophene rings is 1.